The Balaban J connectivity index is 1.40. The first-order valence-corrected chi connectivity index (χ1v) is 11.6. The van der Waals surface area contributed by atoms with E-state index in [0.717, 1.165) is 16.7 Å². The highest BCUT2D eigenvalue weighted by Gasteiger charge is 2.46. The van der Waals surface area contributed by atoms with Gasteiger partial charge in [0.2, 0.25) is 5.91 Å². The van der Waals surface area contributed by atoms with Crippen LogP contribution in [-0.4, -0.2) is 47.5 Å². The maximum Gasteiger partial charge on any atom is 0.416 e. The van der Waals surface area contributed by atoms with Crippen LogP contribution < -0.4 is 0 Å². The maximum atomic E-state index is 13.8. The molecular weight excluding hydrogens is 431 g/mol. The van der Waals surface area contributed by atoms with Crippen LogP contribution in [0.15, 0.2) is 84.9 Å². The maximum absolute atomic E-state index is 13.8. The lowest BCUT2D eigenvalue weighted by Crippen LogP contribution is -2.45. The number of hydrogen-bond donors (Lipinski definition) is 0. The molecule has 2 heterocycles. The van der Waals surface area contributed by atoms with Gasteiger partial charge in [-0.3, -0.25) is 9.69 Å². The zero-order valence-corrected chi connectivity index (χ0v) is 18.8. The van der Waals surface area contributed by atoms with Crippen molar-refractivity contribution in [2.75, 3.05) is 19.7 Å². The zero-order valence-electron chi connectivity index (χ0n) is 18.8. The average Bonchev–Trinajstić information content (AvgIpc) is 3.44. The summed E-state index contributed by atoms with van der Waals surface area (Å²) in [5.74, 6) is -1.08. The number of carbonyl (C=O) groups excluding carboxylic acids is 2. The number of cyclic esters (lactones) is 1. The first-order valence-electron chi connectivity index (χ1n) is 11.6. The van der Waals surface area contributed by atoms with Crippen molar-refractivity contribution in [3.8, 4) is 0 Å². The number of ether oxygens (including phenoxy) is 1. The van der Waals surface area contributed by atoms with Crippen LogP contribution in [0.1, 0.15) is 22.6 Å². The molecular formula is C28H27FN2O3. The second-order valence-corrected chi connectivity index (χ2v) is 9.07. The van der Waals surface area contributed by atoms with Gasteiger partial charge in [-0.1, -0.05) is 72.8 Å². The fourth-order valence-corrected chi connectivity index (χ4v) is 5.10. The summed E-state index contributed by atoms with van der Waals surface area (Å²) in [7, 11) is 0. The van der Waals surface area contributed by atoms with Crippen molar-refractivity contribution in [1.29, 1.82) is 0 Å². The van der Waals surface area contributed by atoms with E-state index in [9.17, 15) is 14.0 Å². The highest BCUT2D eigenvalue weighted by molar-refractivity contribution is 5.95. The molecule has 0 N–H and O–H groups in total. The summed E-state index contributed by atoms with van der Waals surface area (Å²) in [6, 6.07) is 25.9. The van der Waals surface area contributed by atoms with Crippen molar-refractivity contribution in [1.82, 2.24) is 9.80 Å². The summed E-state index contributed by atoms with van der Waals surface area (Å²) >= 11 is 0. The number of nitrogens with zero attached hydrogens (tertiary/aromatic N) is 2. The molecule has 6 heteroatoms. The van der Waals surface area contributed by atoms with Gasteiger partial charge in [-0.25, -0.2) is 14.1 Å². The van der Waals surface area contributed by atoms with Gasteiger partial charge in [-0.05, 0) is 35.2 Å². The molecule has 2 aliphatic rings. The van der Waals surface area contributed by atoms with Crippen LogP contribution in [0.5, 0.6) is 0 Å². The van der Waals surface area contributed by atoms with Gasteiger partial charge in [-0.15, -0.1) is 0 Å². The van der Waals surface area contributed by atoms with Crippen LogP contribution >= 0.6 is 0 Å². The van der Waals surface area contributed by atoms with Gasteiger partial charge in [0, 0.05) is 25.6 Å². The number of likely N-dealkylation sites (tertiary alicyclic amines) is 1. The topological polar surface area (TPSA) is 49.9 Å². The lowest BCUT2D eigenvalue weighted by molar-refractivity contribution is -0.133. The minimum Gasteiger partial charge on any atom is -0.447 e. The van der Waals surface area contributed by atoms with Crippen molar-refractivity contribution < 1.29 is 18.7 Å². The van der Waals surface area contributed by atoms with Gasteiger partial charge in [0.25, 0.3) is 0 Å². The van der Waals surface area contributed by atoms with Crippen LogP contribution in [0.25, 0.3) is 0 Å². The molecule has 0 aromatic heterocycles. The van der Waals surface area contributed by atoms with E-state index in [1.54, 1.807) is 12.1 Å². The number of benzene rings is 3. The largest absolute Gasteiger partial charge is 0.447 e. The van der Waals surface area contributed by atoms with Crippen molar-refractivity contribution in [3.05, 3.63) is 107 Å². The summed E-state index contributed by atoms with van der Waals surface area (Å²) in [6.45, 7) is 2.09. The molecule has 5 nitrogen and oxygen atoms in total. The third kappa shape index (κ3) is 4.73. The molecule has 0 saturated carbocycles. The molecule has 3 aromatic rings. The third-order valence-electron chi connectivity index (χ3n) is 6.77. The van der Waals surface area contributed by atoms with E-state index in [4.69, 9.17) is 4.74 Å². The normalized spacial score (nSPS) is 22.7. The van der Waals surface area contributed by atoms with Crippen molar-refractivity contribution in [3.63, 3.8) is 0 Å². The molecule has 2 aliphatic heterocycles. The minimum atomic E-state index is -0.578. The van der Waals surface area contributed by atoms with Crippen LogP contribution in [0.4, 0.5) is 9.18 Å². The Morgan fingerprint density at radius 2 is 1.53 bits per heavy atom. The van der Waals surface area contributed by atoms with E-state index in [2.05, 4.69) is 17.0 Å². The number of imide groups is 1. The molecule has 5 rings (SSSR count). The lowest BCUT2D eigenvalue weighted by Gasteiger charge is -2.26. The highest BCUT2D eigenvalue weighted by atomic mass is 19.1. The molecule has 3 aromatic carbocycles. The lowest BCUT2D eigenvalue weighted by atomic mass is 9.87. The number of rotatable bonds is 6. The second-order valence-electron chi connectivity index (χ2n) is 9.07. The van der Waals surface area contributed by atoms with Crippen LogP contribution in [0.2, 0.25) is 0 Å². The Kier molecular flexibility index (Phi) is 6.41. The third-order valence-corrected chi connectivity index (χ3v) is 6.77. The molecule has 0 bridgehead atoms. The Hall–Kier alpha value is -3.51. The van der Waals surface area contributed by atoms with Crippen molar-refractivity contribution >= 4 is 12.0 Å². The van der Waals surface area contributed by atoms with E-state index in [0.29, 0.717) is 26.1 Å². The van der Waals surface area contributed by atoms with Gasteiger partial charge >= 0.3 is 6.09 Å². The fraction of sp³-hybridized carbons (Fsp3) is 0.286. The van der Waals surface area contributed by atoms with Gasteiger partial charge < -0.3 is 4.74 Å². The van der Waals surface area contributed by atoms with Gasteiger partial charge in [-0.2, -0.15) is 0 Å². The van der Waals surface area contributed by atoms with Crippen molar-refractivity contribution in [2.24, 2.45) is 5.92 Å². The van der Waals surface area contributed by atoms with E-state index >= 15 is 0 Å². The summed E-state index contributed by atoms with van der Waals surface area (Å²) in [5.41, 5.74) is 3.12. The van der Waals surface area contributed by atoms with E-state index in [1.807, 2.05) is 48.5 Å². The molecule has 2 fully saturated rings. The molecule has 34 heavy (non-hydrogen) atoms. The highest BCUT2D eigenvalue weighted by Crippen LogP contribution is 2.36. The molecule has 0 spiro atoms. The molecule has 0 radical (unpaired) electrons. The first kappa shape index (κ1) is 22.3. The first-order chi connectivity index (χ1) is 16.6. The van der Waals surface area contributed by atoms with Crippen LogP contribution in [-0.2, 0) is 22.5 Å². The SMILES string of the molecule is O=C1OC[C@@H](Cc2ccccc2)N1C(=O)[C@H]1CN(Cc2ccccc2)C[C@@H]1c1ccc(F)cc1. The predicted octanol–water partition coefficient (Wildman–Crippen LogP) is 4.63. The summed E-state index contributed by atoms with van der Waals surface area (Å²) in [4.78, 5) is 30.0. The van der Waals surface area contributed by atoms with E-state index in [-0.39, 0.29) is 30.3 Å². The average molecular weight is 459 g/mol. The quantitative estimate of drug-likeness (QED) is 0.540. The Bertz CT molecular complexity index is 1140. The summed E-state index contributed by atoms with van der Waals surface area (Å²) < 4.78 is 18.9. The fourth-order valence-electron chi connectivity index (χ4n) is 5.10. The molecule has 174 valence electrons. The Morgan fingerprint density at radius 1 is 0.882 bits per heavy atom. The predicted molar refractivity (Wildman–Crippen MR) is 126 cm³/mol. The Labute approximate surface area is 198 Å². The zero-order chi connectivity index (χ0) is 23.5. The number of amides is 2. The van der Waals surface area contributed by atoms with Crippen LogP contribution in [0.3, 0.4) is 0 Å². The monoisotopic (exact) mass is 458 g/mol. The second kappa shape index (κ2) is 9.77. The van der Waals surface area contributed by atoms with Gasteiger partial charge in [0.15, 0.2) is 0 Å². The molecule has 2 amide bonds. The van der Waals surface area contributed by atoms with E-state index < -0.39 is 12.0 Å². The minimum absolute atomic E-state index is 0.136. The van der Waals surface area contributed by atoms with E-state index in [1.165, 1.54) is 17.0 Å². The number of hydrogen-bond acceptors (Lipinski definition) is 4. The molecule has 0 unspecified atom stereocenters. The van der Waals surface area contributed by atoms with Gasteiger partial charge in [0.05, 0.1) is 12.0 Å². The number of carbonyl (C=O) groups is 2. The standard InChI is InChI=1S/C28H27FN2O3/c29-23-13-11-22(12-14-23)25-17-30(16-21-9-5-2-6-10-21)18-26(25)27(32)31-24(19-34-28(31)33)15-20-7-3-1-4-8-20/h1-14,24-26H,15-19H2/t24-,25-,26+/m1/s1. The summed E-state index contributed by atoms with van der Waals surface area (Å²) in [5, 5.41) is 0. The number of halogens is 1. The van der Waals surface area contributed by atoms with Gasteiger partial charge in [0.1, 0.15) is 12.4 Å². The van der Waals surface area contributed by atoms with Crippen LogP contribution in [0, 0.1) is 11.7 Å². The summed E-state index contributed by atoms with van der Waals surface area (Å²) in [6.07, 6.45) is -0.0229. The smallest absolute Gasteiger partial charge is 0.416 e. The molecule has 0 aliphatic carbocycles. The molecule has 3 atom stereocenters. The van der Waals surface area contributed by atoms with Crippen molar-refractivity contribution in [2.45, 2.75) is 24.9 Å². The molecule has 2 saturated heterocycles. The Morgan fingerprint density at radius 3 is 2.21 bits per heavy atom.